The Kier molecular flexibility index (Phi) is 7.20. The highest BCUT2D eigenvalue weighted by atomic mass is 15.1. The molecule has 2 nitrogen and oxygen atoms in total. The lowest BCUT2D eigenvalue weighted by atomic mass is 9.97. The monoisotopic (exact) mass is 200 g/mol. The van der Waals surface area contributed by atoms with E-state index in [9.17, 15) is 0 Å². The van der Waals surface area contributed by atoms with Crippen LogP contribution >= 0.6 is 0 Å². The van der Waals surface area contributed by atoms with Crippen LogP contribution in [0.15, 0.2) is 0 Å². The maximum Gasteiger partial charge on any atom is 0.0254 e. The summed E-state index contributed by atoms with van der Waals surface area (Å²) in [5.41, 5.74) is 6.25. The average molecular weight is 200 g/mol. The second kappa shape index (κ2) is 7.24. The highest BCUT2D eigenvalue weighted by Gasteiger charge is 2.20. The lowest BCUT2D eigenvalue weighted by Gasteiger charge is -2.32. The third kappa shape index (κ3) is 6.39. The van der Waals surface area contributed by atoms with E-state index in [0.717, 1.165) is 13.0 Å². The Morgan fingerprint density at radius 3 is 1.86 bits per heavy atom. The van der Waals surface area contributed by atoms with Gasteiger partial charge in [-0.3, -0.25) is 0 Å². The molecular formula is C12H28N2. The number of hydrogen-bond donors (Lipinski definition) is 1. The van der Waals surface area contributed by atoms with Crippen molar-refractivity contribution in [3.8, 4) is 0 Å². The first kappa shape index (κ1) is 13.9. The Morgan fingerprint density at radius 1 is 1.00 bits per heavy atom. The average Bonchev–Trinajstić information content (AvgIpc) is 2.03. The smallest absolute Gasteiger partial charge is 0.0254 e. The molecule has 0 aromatic carbocycles. The largest absolute Gasteiger partial charge is 0.324 e. The van der Waals surface area contributed by atoms with Gasteiger partial charge in [0, 0.05) is 12.1 Å². The van der Waals surface area contributed by atoms with Crippen molar-refractivity contribution in [2.75, 3.05) is 19.6 Å². The van der Waals surface area contributed by atoms with E-state index in [4.69, 9.17) is 5.73 Å². The van der Waals surface area contributed by atoms with Gasteiger partial charge in [-0.15, -0.1) is 0 Å². The van der Waals surface area contributed by atoms with E-state index in [1.807, 2.05) is 0 Å². The Bertz CT molecular complexity index is 126. The lowest BCUT2D eigenvalue weighted by Crippen LogP contribution is -2.48. The minimum Gasteiger partial charge on any atom is -0.324 e. The van der Waals surface area contributed by atoms with Gasteiger partial charge in [-0.25, -0.2) is 0 Å². The van der Waals surface area contributed by atoms with Crippen LogP contribution < -0.4 is 5.73 Å². The molecule has 14 heavy (non-hydrogen) atoms. The molecule has 86 valence electrons. The summed E-state index contributed by atoms with van der Waals surface area (Å²) >= 11 is 0. The van der Waals surface area contributed by atoms with Crippen molar-refractivity contribution in [2.24, 2.45) is 5.73 Å². The normalized spacial score (nSPS) is 15.9. The summed E-state index contributed by atoms with van der Waals surface area (Å²) < 4.78 is 0. The predicted molar refractivity (Wildman–Crippen MR) is 64.5 cm³/mol. The Labute approximate surface area is 89.9 Å². The fourth-order valence-electron chi connectivity index (χ4n) is 2.06. The first-order valence-corrected chi connectivity index (χ1v) is 6.07. The fraction of sp³-hybridized carbons (Fsp3) is 1.00. The van der Waals surface area contributed by atoms with Crippen LogP contribution in [0.1, 0.15) is 53.4 Å². The topological polar surface area (TPSA) is 29.3 Å². The summed E-state index contributed by atoms with van der Waals surface area (Å²) in [5.74, 6) is 0. The molecule has 0 amide bonds. The summed E-state index contributed by atoms with van der Waals surface area (Å²) in [7, 11) is 0. The van der Waals surface area contributed by atoms with E-state index in [0.29, 0.717) is 0 Å². The quantitative estimate of drug-likeness (QED) is 0.652. The number of nitrogens with two attached hydrogens (primary N) is 1. The maximum absolute atomic E-state index is 6.25. The van der Waals surface area contributed by atoms with Crippen LogP contribution in [0.4, 0.5) is 0 Å². The van der Waals surface area contributed by atoms with Crippen molar-refractivity contribution in [1.82, 2.24) is 4.90 Å². The first-order chi connectivity index (χ1) is 6.55. The molecule has 0 aromatic heterocycles. The maximum atomic E-state index is 6.25. The molecule has 0 aliphatic heterocycles. The van der Waals surface area contributed by atoms with Gasteiger partial charge in [0.1, 0.15) is 0 Å². The van der Waals surface area contributed by atoms with Gasteiger partial charge in [0.15, 0.2) is 0 Å². The molecule has 0 bridgehead atoms. The number of rotatable bonds is 8. The molecule has 0 saturated heterocycles. The fourth-order valence-corrected chi connectivity index (χ4v) is 2.06. The van der Waals surface area contributed by atoms with E-state index in [1.54, 1.807) is 0 Å². The van der Waals surface area contributed by atoms with Crippen LogP contribution in [-0.4, -0.2) is 30.1 Å². The molecule has 1 unspecified atom stereocenters. The number of hydrogen-bond acceptors (Lipinski definition) is 2. The molecule has 0 fully saturated rings. The minimum absolute atomic E-state index is 0.000903. The molecule has 0 heterocycles. The third-order valence-electron chi connectivity index (χ3n) is 2.49. The van der Waals surface area contributed by atoms with E-state index < -0.39 is 0 Å². The molecule has 0 spiro atoms. The summed E-state index contributed by atoms with van der Waals surface area (Å²) in [6.07, 6.45) is 4.75. The van der Waals surface area contributed by atoms with Gasteiger partial charge in [0.2, 0.25) is 0 Å². The van der Waals surface area contributed by atoms with Crippen molar-refractivity contribution >= 4 is 0 Å². The summed E-state index contributed by atoms with van der Waals surface area (Å²) in [6, 6.07) is 0. The van der Waals surface area contributed by atoms with Gasteiger partial charge in [-0.1, -0.05) is 27.2 Å². The van der Waals surface area contributed by atoms with Gasteiger partial charge in [-0.2, -0.15) is 0 Å². The molecule has 2 heteroatoms. The zero-order chi connectivity index (χ0) is 11.0. The van der Waals surface area contributed by atoms with E-state index >= 15 is 0 Å². The predicted octanol–water partition coefficient (Wildman–Crippen LogP) is 2.63. The van der Waals surface area contributed by atoms with Gasteiger partial charge in [0.25, 0.3) is 0 Å². The SMILES string of the molecule is CCCN(CCC)CC(C)(N)CCC. The minimum atomic E-state index is -0.000903. The van der Waals surface area contributed by atoms with Crippen LogP contribution in [0.2, 0.25) is 0 Å². The van der Waals surface area contributed by atoms with Crippen molar-refractivity contribution in [3.05, 3.63) is 0 Å². The molecule has 0 aromatic rings. The van der Waals surface area contributed by atoms with Crippen LogP contribution in [0, 0.1) is 0 Å². The van der Waals surface area contributed by atoms with Crippen LogP contribution in [-0.2, 0) is 0 Å². The Hall–Kier alpha value is -0.0800. The van der Waals surface area contributed by atoms with E-state index in [-0.39, 0.29) is 5.54 Å². The highest BCUT2D eigenvalue weighted by molar-refractivity contribution is 4.82. The Morgan fingerprint density at radius 2 is 1.50 bits per heavy atom. The molecule has 2 N–H and O–H groups in total. The molecule has 0 saturated carbocycles. The molecule has 0 aliphatic carbocycles. The summed E-state index contributed by atoms with van der Waals surface area (Å²) in [6.45, 7) is 12.3. The van der Waals surface area contributed by atoms with E-state index in [1.165, 1.54) is 32.4 Å². The standard InChI is InChI=1S/C12H28N2/c1-5-8-12(4,13)11-14(9-6-2)10-7-3/h5-11,13H2,1-4H3. The first-order valence-electron chi connectivity index (χ1n) is 6.07. The van der Waals surface area contributed by atoms with Crippen LogP contribution in [0.5, 0.6) is 0 Å². The lowest BCUT2D eigenvalue weighted by molar-refractivity contribution is 0.209. The second-order valence-corrected chi connectivity index (χ2v) is 4.68. The summed E-state index contributed by atoms with van der Waals surface area (Å²) in [5, 5.41) is 0. The zero-order valence-corrected chi connectivity index (χ0v) is 10.5. The number of nitrogens with zero attached hydrogens (tertiary/aromatic N) is 1. The van der Waals surface area contributed by atoms with Gasteiger partial charge < -0.3 is 10.6 Å². The highest BCUT2D eigenvalue weighted by Crippen LogP contribution is 2.11. The zero-order valence-electron chi connectivity index (χ0n) is 10.5. The van der Waals surface area contributed by atoms with Crippen molar-refractivity contribution in [3.63, 3.8) is 0 Å². The Balaban J connectivity index is 3.98. The molecule has 1 atom stereocenters. The molecular weight excluding hydrogens is 172 g/mol. The van der Waals surface area contributed by atoms with Gasteiger partial charge in [-0.05, 0) is 39.3 Å². The van der Waals surface area contributed by atoms with Gasteiger partial charge >= 0.3 is 0 Å². The van der Waals surface area contributed by atoms with Gasteiger partial charge in [0.05, 0.1) is 0 Å². The second-order valence-electron chi connectivity index (χ2n) is 4.68. The van der Waals surface area contributed by atoms with Crippen LogP contribution in [0.3, 0.4) is 0 Å². The van der Waals surface area contributed by atoms with Crippen molar-refractivity contribution in [2.45, 2.75) is 58.9 Å². The summed E-state index contributed by atoms with van der Waals surface area (Å²) in [4.78, 5) is 2.50. The van der Waals surface area contributed by atoms with Crippen LogP contribution in [0.25, 0.3) is 0 Å². The molecule has 0 aliphatic rings. The van der Waals surface area contributed by atoms with Crippen molar-refractivity contribution in [1.29, 1.82) is 0 Å². The van der Waals surface area contributed by atoms with E-state index in [2.05, 4.69) is 32.6 Å². The molecule has 0 radical (unpaired) electrons. The molecule has 0 rings (SSSR count). The van der Waals surface area contributed by atoms with Crippen molar-refractivity contribution < 1.29 is 0 Å². The third-order valence-corrected chi connectivity index (χ3v) is 2.49.